The van der Waals surface area contributed by atoms with E-state index in [0.717, 1.165) is 41.7 Å². The van der Waals surface area contributed by atoms with E-state index >= 15 is 0 Å². The van der Waals surface area contributed by atoms with Crippen molar-refractivity contribution < 1.29 is 27.2 Å². The van der Waals surface area contributed by atoms with Gasteiger partial charge in [-0.3, -0.25) is 9.59 Å². The zero-order valence-electron chi connectivity index (χ0n) is 19.7. The van der Waals surface area contributed by atoms with Crippen molar-refractivity contribution in [2.24, 2.45) is 0 Å². The fourth-order valence-electron chi connectivity index (χ4n) is 3.99. The molecule has 2 aromatic heterocycles. The predicted molar refractivity (Wildman–Crippen MR) is 133 cm³/mol. The minimum Gasteiger partial charge on any atom is -0.439 e. The van der Waals surface area contributed by atoms with Gasteiger partial charge in [0.1, 0.15) is 5.00 Å². The third kappa shape index (κ3) is 5.50. The number of methoxy groups -OCH3 is 1. The van der Waals surface area contributed by atoms with E-state index < -0.39 is 15.7 Å². The van der Waals surface area contributed by atoms with Crippen molar-refractivity contribution in [3.05, 3.63) is 63.7 Å². The number of anilines is 1. The second-order valence-corrected chi connectivity index (χ2v) is 11.4. The molecule has 0 saturated heterocycles. The first-order chi connectivity index (χ1) is 16.8. The fraction of sp³-hybridized carbons (Fsp3) is 0.360. The second-order valence-electron chi connectivity index (χ2n) is 8.41. The number of furan rings is 1. The van der Waals surface area contributed by atoms with Gasteiger partial charge in [0.05, 0.1) is 10.5 Å². The van der Waals surface area contributed by atoms with Gasteiger partial charge in [-0.1, -0.05) is 17.7 Å². The lowest BCUT2D eigenvalue weighted by atomic mass is 9.95. The number of amides is 2. The molecule has 1 aromatic carbocycles. The van der Waals surface area contributed by atoms with Crippen LogP contribution in [-0.4, -0.2) is 40.5 Å². The highest BCUT2D eigenvalue weighted by atomic mass is 32.2. The van der Waals surface area contributed by atoms with Crippen LogP contribution in [0.1, 0.15) is 56.2 Å². The Bertz CT molecular complexity index is 1320. The zero-order chi connectivity index (χ0) is 25.0. The van der Waals surface area contributed by atoms with E-state index in [1.54, 1.807) is 19.2 Å². The smallest absolute Gasteiger partial charge is 0.292 e. The molecule has 0 atom stereocenters. The summed E-state index contributed by atoms with van der Waals surface area (Å²) in [6.07, 6.45) is 4.34. The van der Waals surface area contributed by atoms with Crippen molar-refractivity contribution in [1.29, 1.82) is 0 Å². The highest BCUT2D eigenvalue weighted by Crippen LogP contribution is 2.38. The summed E-state index contributed by atoms with van der Waals surface area (Å²) < 4.78 is 36.2. The van der Waals surface area contributed by atoms with Crippen LogP contribution < -0.4 is 10.6 Å². The molecule has 2 N–H and O–H groups in total. The molecular formula is C25H28N2O6S2. The average molecular weight is 517 g/mol. The molecule has 4 rings (SSSR count). The second kappa shape index (κ2) is 10.8. The molecule has 35 heavy (non-hydrogen) atoms. The molecule has 2 amide bonds. The van der Waals surface area contributed by atoms with Crippen LogP contribution in [0.4, 0.5) is 5.00 Å². The summed E-state index contributed by atoms with van der Waals surface area (Å²) in [5, 5.41) is 5.82. The van der Waals surface area contributed by atoms with Gasteiger partial charge in [0, 0.05) is 25.1 Å². The lowest BCUT2D eigenvalue weighted by Gasteiger charge is -2.13. The number of aryl methyl sites for hydroxylation is 2. The van der Waals surface area contributed by atoms with Crippen LogP contribution in [0.5, 0.6) is 0 Å². The molecule has 0 saturated carbocycles. The van der Waals surface area contributed by atoms with Crippen molar-refractivity contribution in [2.45, 2.75) is 49.0 Å². The van der Waals surface area contributed by atoms with Gasteiger partial charge in [0.2, 0.25) is 14.9 Å². The number of carbonyl (C=O) groups is 2. The van der Waals surface area contributed by atoms with Crippen LogP contribution in [0, 0.1) is 6.92 Å². The predicted octanol–water partition coefficient (Wildman–Crippen LogP) is 4.38. The van der Waals surface area contributed by atoms with Crippen LogP contribution in [0.2, 0.25) is 0 Å². The summed E-state index contributed by atoms with van der Waals surface area (Å²) in [5.41, 5.74) is 2.39. The number of hydrogen-bond acceptors (Lipinski definition) is 7. The number of thiophene rings is 1. The molecule has 1 aliphatic rings. The van der Waals surface area contributed by atoms with Crippen molar-refractivity contribution in [2.75, 3.05) is 25.6 Å². The largest absolute Gasteiger partial charge is 0.439 e. The van der Waals surface area contributed by atoms with Gasteiger partial charge in [0.15, 0.2) is 5.76 Å². The third-order valence-corrected chi connectivity index (χ3v) is 8.69. The van der Waals surface area contributed by atoms with Gasteiger partial charge in [-0.05, 0) is 68.9 Å². The maximum absolute atomic E-state index is 13.0. The Morgan fingerprint density at radius 2 is 1.80 bits per heavy atom. The van der Waals surface area contributed by atoms with Gasteiger partial charge < -0.3 is 19.8 Å². The summed E-state index contributed by atoms with van der Waals surface area (Å²) in [6.45, 7) is 2.86. The van der Waals surface area contributed by atoms with Gasteiger partial charge in [-0.2, -0.15) is 0 Å². The molecule has 2 heterocycles. The number of benzene rings is 1. The molecule has 0 fully saturated rings. The van der Waals surface area contributed by atoms with E-state index in [0.29, 0.717) is 30.1 Å². The standard InChI is InChI=1S/C25H28N2O6S2/c1-16-8-10-17(11-9-16)35(30,31)21-13-12-19(33-21)23(28)27-25-22(24(29)26-14-5-15-32-2)18-6-3-4-7-20(18)34-25/h8-13H,3-7,14-15H2,1-2H3,(H,26,29)(H,27,28). The Hall–Kier alpha value is -2.95. The maximum Gasteiger partial charge on any atom is 0.292 e. The van der Waals surface area contributed by atoms with Crippen LogP contribution in [-0.2, 0) is 27.4 Å². The Morgan fingerprint density at radius 3 is 2.54 bits per heavy atom. The van der Waals surface area contributed by atoms with Gasteiger partial charge in [0.25, 0.3) is 11.8 Å². The SMILES string of the molecule is COCCCNC(=O)c1c(NC(=O)c2ccc(S(=O)(=O)c3ccc(C)cc3)o2)sc2c1CCCC2. The Labute approximate surface area is 208 Å². The topological polar surface area (TPSA) is 115 Å². The lowest BCUT2D eigenvalue weighted by Crippen LogP contribution is -2.27. The zero-order valence-corrected chi connectivity index (χ0v) is 21.3. The molecule has 8 nitrogen and oxygen atoms in total. The molecule has 3 aromatic rings. The normalized spacial score (nSPS) is 13.3. The number of carbonyl (C=O) groups excluding carboxylic acids is 2. The fourth-order valence-corrected chi connectivity index (χ4v) is 6.44. The molecular weight excluding hydrogens is 488 g/mol. The first kappa shape index (κ1) is 25.2. The van der Waals surface area contributed by atoms with E-state index in [2.05, 4.69) is 10.6 Å². The van der Waals surface area contributed by atoms with Crippen LogP contribution >= 0.6 is 11.3 Å². The summed E-state index contributed by atoms with van der Waals surface area (Å²) >= 11 is 1.39. The number of fused-ring (bicyclic) bond motifs is 1. The monoisotopic (exact) mass is 516 g/mol. The van der Waals surface area contributed by atoms with Crippen molar-refractivity contribution in [3.8, 4) is 0 Å². The molecule has 0 bridgehead atoms. The maximum atomic E-state index is 13.0. The number of nitrogens with one attached hydrogen (secondary N) is 2. The quantitative estimate of drug-likeness (QED) is 0.408. The molecule has 10 heteroatoms. The van der Waals surface area contributed by atoms with E-state index in [1.165, 1.54) is 35.6 Å². The summed E-state index contributed by atoms with van der Waals surface area (Å²) in [5.74, 6) is -0.992. The minimum atomic E-state index is -3.90. The van der Waals surface area contributed by atoms with Gasteiger partial charge >= 0.3 is 0 Å². The third-order valence-electron chi connectivity index (χ3n) is 5.84. The van der Waals surface area contributed by atoms with Gasteiger partial charge in [-0.25, -0.2) is 8.42 Å². The summed E-state index contributed by atoms with van der Waals surface area (Å²) in [7, 11) is -2.29. The number of hydrogen-bond donors (Lipinski definition) is 2. The summed E-state index contributed by atoms with van der Waals surface area (Å²) in [4.78, 5) is 27.2. The van der Waals surface area contributed by atoms with Crippen LogP contribution in [0.25, 0.3) is 0 Å². The number of ether oxygens (including phenoxy) is 1. The first-order valence-corrected chi connectivity index (χ1v) is 13.8. The average Bonchev–Trinajstić information content (AvgIpc) is 3.48. The molecule has 0 radical (unpaired) electrons. The lowest BCUT2D eigenvalue weighted by molar-refractivity contribution is 0.0948. The van der Waals surface area contributed by atoms with Crippen molar-refractivity contribution in [1.82, 2.24) is 5.32 Å². The Kier molecular flexibility index (Phi) is 7.73. The van der Waals surface area contributed by atoms with E-state index in [-0.39, 0.29) is 21.7 Å². The van der Waals surface area contributed by atoms with E-state index in [9.17, 15) is 18.0 Å². The molecule has 1 aliphatic carbocycles. The van der Waals surface area contributed by atoms with Gasteiger partial charge in [-0.15, -0.1) is 11.3 Å². The van der Waals surface area contributed by atoms with Crippen molar-refractivity contribution in [3.63, 3.8) is 0 Å². The van der Waals surface area contributed by atoms with Crippen LogP contribution in [0.3, 0.4) is 0 Å². The molecule has 0 spiro atoms. The Morgan fingerprint density at radius 1 is 1.06 bits per heavy atom. The van der Waals surface area contributed by atoms with Crippen LogP contribution in [0.15, 0.2) is 50.8 Å². The number of sulfone groups is 1. The first-order valence-electron chi connectivity index (χ1n) is 11.5. The molecule has 186 valence electrons. The highest BCUT2D eigenvalue weighted by Gasteiger charge is 2.28. The van der Waals surface area contributed by atoms with E-state index in [4.69, 9.17) is 9.15 Å². The molecule has 0 unspecified atom stereocenters. The molecule has 0 aliphatic heterocycles. The highest BCUT2D eigenvalue weighted by molar-refractivity contribution is 7.91. The Balaban J connectivity index is 1.55. The summed E-state index contributed by atoms with van der Waals surface area (Å²) in [6, 6.07) is 9.00. The van der Waals surface area contributed by atoms with Crippen molar-refractivity contribution >= 4 is 38.0 Å². The van der Waals surface area contributed by atoms with E-state index in [1.807, 2.05) is 6.92 Å². The minimum absolute atomic E-state index is 0.0859. The number of rotatable bonds is 9.